The molecule has 1 aromatic rings. The fourth-order valence-corrected chi connectivity index (χ4v) is 16.5. The Morgan fingerprint density at radius 1 is 0.446 bits per heavy atom. The van der Waals surface area contributed by atoms with Crippen LogP contribution in [0.3, 0.4) is 0 Å². The van der Waals surface area contributed by atoms with Gasteiger partial charge in [-0.15, -0.1) is 0 Å². The zero-order chi connectivity index (χ0) is 87.0. The second kappa shape index (κ2) is 60.2. The Kier molecular flexibility index (Phi) is 55.5. The van der Waals surface area contributed by atoms with Gasteiger partial charge in [0.2, 0.25) is 32.6 Å². The van der Waals surface area contributed by atoms with E-state index in [0.29, 0.717) is 12.8 Å². The summed E-state index contributed by atoms with van der Waals surface area (Å²) in [5.41, 5.74) is 0.211. The van der Waals surface area contributed by atoms with Gasteiger partial charge < -0.3 is 133 Å². The number of benzene rings is 1. The van der Waals surface area contributed by atoms with Crippen LogP contribution in [0.25, 0.3) is 0 Å². The number of unbranched alkanes of at least 4 members (excludes halogenated alkanes) is 31. The van der Waals surface area contributed by atoms with Crippen LogP contribution in [-0.4, -0.2) is 304 Å². The number of ether oxygens (including phenoxy) is 11. The first-order chi connectivity index (χ1) is 57.0. The van der Waals surface area contributed by atoms with E-state index in [1.807, 2.05) is 6.08 Å². The van der Waals surface area contributed by atoms with Crippen LogP contribution in [0.1, 0.15) is 256 Å². The number of hydrogen-bond donors (Lipinski definition) is 14. The largest absolute Gasteiger partial charge is 1.00 e. The van der Waals surface area contributed by atoms with Crippen molar-refractivity contribution in [3.8, 4) is 0 Å². The van der Waals surface area contributed by atoms with Gasteiger partial charge in [-0.25, -0.2) is 21.6 Å². The number of rotatable bonds is 59. The van der Waals surface area contributed by atoms with E-state index in [1.54, 1.807) is 36.4 Å². The predicted octanol–water partition coefficient (Wildman–Crippen LogP) is -2.18. The van der Waals surface area contributed by atoms with Crippen LogP contribution >= 0.6 is 0 Å². The van der Waals surface area contributed by atoms with Crippen molar-refractivity contribution in [2.45, 2.75) is 412 Å². The molecule has 0 radical (unpaired) electrons. The van der Waals surface area contributed by atoms with Crippen LogP contribution in [0.4, 0.5) is 0 Å². The van der Waals surface area contributed by atoms with Crippen LogP contribution in [0.15, 0.2) is 42.5 Å². The molecular weight excluding hydrogens is 1650 g/mol. The summed E-state index contributed by atoms with van der Waals surface area (Å²) in [4.78, 5) is 41.4. The maximum Gasteiger partial charge on any atom is 1.00 e. The molecule has 5 saturated heterocycles. The Morgan fingerprint density at radius 2 is 0.851 bits per heavy atom. The van der Waals surface area contributed by atoms with E-state index >= 15 is 0 Å². The summed E-state index contributed by atoms with van der Waals surface area (Å²) in [7, 11) is -12.1. The van der Waals surface area contributed by atoms with Gasteiger partial charge in [0.05, 0.1) is 50.7 Å². The van der Waals surface area contributed by atoms with Crippen molar-refractivity contribution < 1.29 is 221 Å². The van der Waals surface area contributed by atoms with Crippen LogP contribution < -0.4 is 69.7 Å². The number of aliphatic hydroxyl groups is 12. The van der Waals surface area contributed by atoms with Gasteiger partial charge in [0.25, 0.3) is 0 Å². The molecule has 14 N–H and O–H groups in total. The molecule has 0 spiro atoms. The molecule has 40 heteroatoms. The van der Waals surface area contributed by atoms with Crippen LogP contribution in [0.2, 0.25) is 0 Å². The molecule has 27 unspecified atom stereocenters. The average molecular weight is 1790 g/mol. The second-order valence-corrected chi connectivity index (χ2v) is 33.9. The first-order valence-electron chi connectivity index (χ1n) is 43.2. The molecule has 2 amide bonds. The maximum absolute atomic E-state index is 14.1. The second-order valence-electron chi connectivity index (χ2n) is 31.9. The first-order valence-corrected chi connectivity index (χ1v) is 45.8. The van der Waals surface area contributed by atoms with Gasteiger partial charge in [0.1, 0.15) is 116 Å². The number of hydrogen-bond acceptors (Lipinski definition) is 34. The van der Waals surface area contributed by atoms with E-state index in [9.17, 15) is 102 Å². The van der Waals surface area contributed by atoms with Crippen molar-refractivity contribution in [2.75, 3.05) is 33.0 Å². The molecule has 1 aromatic carbocycles. The SMILES string of the molecule is CCCCCCCCCCCCC/C=C/C(OC(=O)c1ccccc1)C(COC1OC(CO)C(OC2OC(CO)C(O)C(OC3OC(CO)C(OC4OC(CO)C(O)C(OS(=O)(=O)[O-])C4OS(=O)(=O)[O-])C(OC4OC(C)C(O)C(O)C4O)C3NC(C)=O)C2O)C(O)C1O)NC(=O)CCCCCCCCCCCCCCCCCCCCCCC.[Na+].[Na+]. The Morgan fingerprint density at radius 3 is 1.34 bits per heavy atom. The summed E-state index contributed by atoms with van der Waals surface area (Å²) >= 11 is 0. The van der Waals surface area contributed by atoms with E-state index in [2.05, 4.69) is 32.8 Å². The number of amides is 2. The Hall–Kier alpha value is -1.77. The molecule has 0 aliphatic carbocycles. The minimum Gasteiger partial charge on any atom is -0.726 e. The van der Waals surface area contributed by atoms with Gasteiger partial charge in [0, 0.05) is 13.3 Å². The maximum atomic E-state index is 14.1. The number of esters is 1. The zero-order valence-electron chi connectivity index (χ0n) is 71.4. The molecule has 6 rings (SSSR count). The summed E-state index contributed by atoms with van der Waals surface area (Å²) in [6.07, 6.45) is -11.1. The average Bonchev–Trinajstić information content (AvgIpc) is 0.759. The molecule has 121 heavy (non-hydrogen) atoms. The summed E-state index contributed by atoms with van der Waals surface area (Å²) in [6, 6.07) is 4.95. The van der Waals surface area contributed by atoms with Crippen molar-refractivity contribution >= 4 is 38.6 Å². The van der Waals surface area contributed by atoms with Gasteiger partial charge in [-0.2, -0.15) is 0 Å². The van der Waals surface area contributed by atoms with Crippen molar-refractivity contribution in [2.24, 2.45) is 0 Å². The van der Waals surface area contributed by atoms with E-state index in [4.69, 9.17) is 52.1 Å². The monoisotopic (exact) mass is 1790 g/mol. The first kappa shape index (κ1) is 112. The van der Waals surface area contributed by atoms with Crippen molar-refractivity contribution in [1.82, 2.24) is 10.6 Å². The third kappa shape index (κ3) is 38.7. The summed E-state index contributed by atoms with van der Waals surface area (Å²) in [5.74, 6) is -2.14. The predicted molar refractivity (Wildman–Crippen MR) is 423 cm³/mol. The van der Waals surface area contributed by atoms with Gasteiger partial charge in [0.15, 0.2) is 37.6 Å². The quantitative estimate of drug-likeness (QED) is 0.00823. The molecule has 690 valence electrons. The molecule has 36 nitrogen and oxygen atoms in total. The molecule has 5 heterocycles. The van der Waals surface area contributed by atoms with Crippen LogP contribution in [0, 0.1) is 0 Å². The standard InChI is InChI=1S/C81H140N2O34S2.2Na/c1-5-7-9-11-13-15-17-19-20-21-22-23-24-25-26-28-30-32-34-36-41-45-60(89)83-54(55(107-76(98)53-42-38-37-39-43-53)44-40-35-33-31-29-27-18-16-14-12-10-8-6-2)50-105-78-68(96)66(94)70(58(48-86)111-78)112-80-69(97)73(63(91)56(46-84)108-80)115-77-61(82-52(4)88)72(114-79-67(95)65(93)62(90)51(3)106-79)71(59(49-87)110-77)113-81-75(117-119(102,103)104)74(116-118(99,100)101)64(92)57(47-85)109-81;;/h37-40,42-44,51,54-59,61-75,77-81,84-87,90-97H,5-36,41,45-50H2,1-4H3,(H,82,88)(H,83,89)(H,99,100,101)(H,102,103,104);;/q;2*+1/p-2/b44-40+;;. The molecule has 0 saturated carbocycles. The number of aliphatic hydroxyl groups excluding tert-OH is 12. The summed E-state index contributed by atoms with van der Waals surface area (Å²) in [5, 5.41) is 140. The zero-order valence-corrected chi connectivity index (χ0v) is 77.0. The molecule has 5 aliphatic heterocycles. The summed E-state index contributed by atoms with van der Waals surface area (Å²) in [6.45, 7) is 1.30. The van der Waals surface area contributed by atoms with E-state index < -0.39 is 237 Å². The van der Waals surface area contributed by atoms with E-state index in [0.717, 1.165) is 71.1 Å². The molecule has 0 bridgehead atoms. The minimum atomic E-state index is -6.07. The molecular formula is C81H138N2Na2O34S2. The normalized spacial score (nSPS) is 31.5. The fourth-order valence-electron chi connectivity index (χ4n) is 15.5. The van der Waals surface area contributed by atoms with E-state index in [-0.39, 0.29) is 71.1 Å². The van der Waals surface area contributed by atoms with Gasteiger partial charge in [-0.3, -0.25) is 18.0 Å². The topological polar surface area (TPSA) is 552 Å². The number of allylic oxidation sites excluding steroid dienone is 1. The molecule has 5 aliphatic rings. The van der Waals surface area contributed by atoms with Crippen molar-refractivity contribution in [3.05, 3.63) is 48.0 Å². The van der Waals surface area contributed by atoms with Gasteiger partial charge >= 0.3 is 65.1 Å². The third-order valence-corrected chi connectivity index (χ3v) is 23.2. The molecule has 27 atom stereocenters. The van der Waals surface area contributed by atoms with Gasteiger partial charge in [-0.1, -0.05) is 231 Å². The fraction of sp³-hybridized carbons (Fsp3) is 0.864. The van der Waals surface area contributed by atoms with E-state index in [1.165, 1.54) is 142 Å². The number of nitrogens with one attached hydrogen (secondary N) is 2. The number of carbonyl (C=O) groups excluding carboxylic acids is 3. The third-order valence-electron chi connectivity index (χ3n) is 22.3. The van der Waals surface area contributed by atoms with Crippen molar-refractivity contribution in [1.29, 1.82) is 0 Å². The Labute approximate surface area is 757 Å². The van der Waals surface area contributed by atoms with Crippen LogP contribution in [0.5, 0.6) is 0 Å². The van der Waals surface area contributed by atoms with Crippen LogP contribution in [-0.2, 0) is 90.9 Å². The van der Waals surface area contributed by atoms with Crippen molar-refractivity contribution in [3.63, 3.8) is 0 Å². The Balaban J connectivity index is 0.0000154. The minimum absolute atomic E-state index is 0. The molecule has 5 fully saturated rings. The molecule has 0 aromatic heterocycles. The number of carbonyl (C=O) groups is 3. The Bertz CT molecular complexity index is 3230. The summed E-state index contributed by atoms with van der Waals surface area (Å²) < 4.78 is 148. The smallest absolute Gasteiger partial charge is 0.726 e. The van der Waals surface area contributed by atoms with Gasteiger partial charge in [-0.05, 0) is 44.4 Å².